The van der Waals surface area contributed by atoms with Gasteiger partial charge in [0.1, 0.15) is 0 Å². The van der Waals surface area contributed by atoms with Crippen LogP contribution >= 0.6 is 0 Å². The van der Waals surface area contributed by atoms with Gasteiger partial charge in [0.25, 0.3) is 0 Å². The second-order valence-electron chi connectivity index (χ2n) is 3.95. The van der Waals surface area contributed by atoms with Crippen LogP contribution in [0.3, 0.4) is 0 Å². The van der Waals surface area contributed by atoms with Crippen molar-refractivity contribution in [1.82, 2.24) is 4.57 Å². The minimum Gasteiger partial charge on any atom is -0.345 e. The molecule has 84 valence electrons. The summed E-state index contributed by atoms with van der Waals surface area (Å²) >= 11 is 0. The van der Waals surface area contributed by atoms with Gasteiger partial charge in [-0.25, -0.2) is 8.78 Å². The Morgan fingerprint density at radius 2 is 1.56 bits per heavy atom. The summed E-state index contributed by atoms with van der Waals surface area (Å²) in [5, 5.41) is 0. The molecule has 1 aromatic carbocycles. The Labute approximate surface area is 93.3 Å². The zero-order valence-electron chi connectivity index (χ0n) is 9.30. The molecule has 3 heteroatoms. The van der Waals surface area contributed by atoms with E-state index in [-0.39, 0.29) is 0 Å². The van der Waals surface area contributed by atoms with E-state index < -0.39 is 11.6 Å². The van der Waals surface area contributed by atoms with Gasteiger partial charge in [-0.15, -0.1) is 0 Å². The minimum absolute atomic E-state index is 0.571. The van der Waals surface area contributed by atoms with Crippen LogP contribution in [0, 0.1) is 25.5 Å². The van der Waals surface area contributed by atoms with Gasteiger partial charge in [-0.05, 0) is 43.7 Å². The summed E-state index contributed by atoms with van der Waals surface area (Å²) in [4.78, 5) is 0. The maximum absolute atomic E-state index is 13.0. The first-order chi connectivity index (χ1) is 7.58. The van der Waals surface area contributed by atoms with Crippen LogP contribution in [0.15, 0.2) is 30.3 Å². The lowest BCUT2D eigenvalue weighted by atomic mass is 10.2. The molecule has 0 aliphatic heterocycles. The number of aryl methyl sites for hydroxylation is 2. The Bertz CT molecular complexity index is 495. The van der Waals surface area contributed by atoms with Crippen molar-refractivity contribution in [2.45, 2.75) is 20.4 Å². The van der Waals surface area contributed by atoms with Gasteiger partial charge in [0, 0.05) is 17.9 Å². The predicted molar refractivity (Wildman–Crippen MR) is 59.4 cm³/mol. The molecule has 0 saturated carbocycles. The van der Waals surface area contributed by atoms with Crippen LogP contribution < -0.4 is 0 Å². The number of hydrogen-bond donors (Lipinski definition) is 0. The topological polar surface area (TPSA) is 4.93 Å². The van der Waals surface area contributed by atoms with Crippen molar-refractivity contribution in [2.24, 2.45) is 0 Å². The van der Waals surface area contributed by atoms with Gasteiger partial charge in [-0.2, -0.15) is 0 Å². The molecule has 0 unspecified atom stereocenters. The van der Waals surface area contributed by atoms with Gasteiger partial charge in [-0.1, -0.05) is 6.07 Å². The molecule has 16 heavy (non-hydrogen) atoms. The average Bonchev–Trinajstić information content (AvgIpc) is 2.55. The molecule has 0 amide bonds. The minimum atomic E-state index is -0.801. The van der Waals surface area contributed by atoms with Crippen molar-refractivity contribution in [1.29, 1.82) is 0 Å². The fraction of sp³-hybridized carbons (Fsp3) is 0.231. The van der Waals surface area contributed by atoms with Gasteiger partial charge >= 0.3 is 0 Å². The Morgan fingerprint density at radius 3 is 2.12 bits per heavy atom. The van der Waals surface area contributed by atoms with Crippen LogP contribution in [0.5, 0.6) is 0 Å². The second kappa shape index (κ2) is 4.08. The van der Waals surface area contributed by atoms with Crippen molar-refractivity contribution >= 4 is 0 Å². The maximum Gasteiger partial charge on any atom is 0.159 e. The van der Waals surface area contributed by atoms with Crippen molar-refractivity contribution in [2.75, 3.05) is 0 Å². The van der Waals surface area contributed by atoms with Gasteiger partial charge < -0.3 is 4.57 Å². The van der Waals surface area contributed by atoms with Crippen LogP contribution in [0.4, 0.5) is 8.78 Å². The number of benzene rings is 1. The molecule has 0 atom stereocenters. The molecule has 1 aromatic heterocycles. The maximum atomic E-state index is 13.0. The second-order valence-corrected chi connectivity index (χ2v) is 3.95. The molecule has 2 aromatic rings. The molecule has 1 nitrogen and oxygen atoms in total. The highest BCUT2D eigenvalue weighted by atomic mass is 19.2. The van der Waals surface area contributed by atoms with Crippen molar-refractivity contribution in [3.05, 3.63) is 58.9 Å². The fourth-order valence-electron chi connectivity index (χ4n) is 1.77. The molecule has 0 aliphatic carbocycles. The third-order valence-corrected chi connectivity index (χ3v) is 2.74. The van der Waals surface area contributed by atoms with Crippen LogP contribution in [0.25, 0.3) is 0 Å². The zero-order chi connectivity index (χ0) is 11.7. The highest BCUT2D eigenvalue weighted by molar-refractivity contribution is 5.21. The number of rotatable bonds is 2. The van der Waals surface area contributed by atoms with Crippen molar-refractivity contribution < 1.29 is 8.78 Å². The van der Waals surface area contributed by atoms with Gasteiger partial charge in [-0.3, -0.25) is 0 Å². The molecule has 0 fully saturated rings. The van der Waals surface area contributed by atoms with Gasteiger partial charge in [0.15, 0.2) is 11.6 Å². The van der Waals surface area contributed by atoms with Gasteiger partial charge in [0.2, 0.25) is 0 Å². The Hall–Kier alpha value is -1.64. The Kier molecular flexibility index (Phi) is 2.77. The highest BCUT2D eigenvalue weighted by Crippen LogP contribution is 2.13. The molecule has 1 heterocycles. The summed E-state index contributed by atoms with van der Waals surface area (Å²) in [6, 6.07) is 8.04. The first kappa shape index (κ1) is 10.9. The molecule has 0 saturated heterocycles. The van der Waals surface area contributed by atoms with E-state index in [2.05, 4.69) is 4.57 Å². The van der Waals surface area contributed by atoms with Crippen LogP contribution in [-0.2, 0) is 6.54 Å². The normalized spacial score (nSPS) is 10.8. The zero-order valence-corrected chi connectivity index (χ0v) is 9.30. The molecular weight excluding hydrogens is 208 g/mol. The van der Waals surface area contributed by atoms with Crippen LogP contribution in [0.2, 0.25) is 0 Å². The van der Waals surface area contributed by atoms with Crippen molar-refractivity contribution in [3.8, 4) is 0 Å². The lowest BCUT2D eigenvalue weighted by Crippen LogP contribution is -2.04. The summed E-state index contributed by atoms with van der Waals surface area (Å²) in [7, 11) is 0. The Balaban J connectivity index is 2.31. The third kappa shape index (κ3) is 1.98. The van der Waals surface area contributed by atoms with E-state index in [9.17, 15) is 8.78 Å². The molecular formula is C13H13F2N. The predicted octanol–water partition coefficient (Wildman–Crippen LogP) is 3.43. The highest BCUT2D eigenvalue weighted by Gasteiger charge is 2.05. The SMILES string of the molecule is Cc1ccc(C)n1Cc1ccc(F)c(F)c1. The molecule has 0 bridgehead atoms. The number of nitrogens with zero attached hydrogens (tertiary/aromatic N) is 1. The van der Waals surface area contributed by atoms with E-state index in [1.807, 2.05) is 26.0 Å². The van der Waals surface area contributed by atoms with E-state index in [0.717, 1.165) is 17.0 Å². The largest absolute Gasteiger partial charge is 0.345 e. The number of aromatic nitrogens is 1. The molecule has 0 aliphatic rings. The smallest absolute Gasteiger partial charge is 0.159 e. The lowest BCUT2D eigenvalue weighted by molar-refractivity contribution is 0.506. The number of halogens is 2. The summed E-state index contributed by atoms with van der Waals surface area (Å²) in [6.45, 7) is 4.56. The van der Waals surface area contributed by atoms with E-state index in [1.165, 1.54) is 12.1 Å². The number of hydrogen-bond acceptors (Lipinski definition) is 0. The van der Waals surface area contributed by atoms with Crippen LogP contribution in [0.1, 0.15) is 17.0 Å². The first-order valence-corrected chi connectivity index (χ1v) is 5.14. The van der Waals surface area contributed by atoms with E-state index in [0.29, 0.717) is 6.54 Å². The molecule has 0 spiro atoms. The Morgan fingerprint density at radius 1 is 0.938 bits per heavy atom. The fourth-order valence-corrected chi connectivity index (χ4v) is 1.77. The van der Waals surface area contributed by atoms with Crippen molar-refractivity contribution in [3.63, 3.8) is 0 Å². The summed E-state index contributed by atoms with van der Waals surface area (Å²) in [5.41, 5.74) is 2.99. The van der Waals surface area contributed by atoms with Gasteiger partial charge in [0.05, 0.1) is 0 Å². The quantitative estimate of drug-likeness (QED) is 0.732. The van der Waals surface area contributed by atoms with E-state index in [1.54, 1.807) is 6.07 Å². The molecule has 2 rings (SSSR count). The lowest BCUT2D eigenvalue weighted by Gasteiger charge is -2.09. The average molecular weight is 221 g/mol. The molecule has 0 radical (unpaired) electrons. The summed E-state index contributed by atoms with van der Waals surface area (Å²) in [5.74, 6) is -1.59. The van der Waals surface area contributed by atoms with Crippen LogP contribution in [-0.4, -0.2) is 4.57 Å². The third-order valence-electron chi connectivity index (χ3n) is 2.74. The first-order valence-electron chi connectivity index (χ1n) is 5.14. The monoisotopic (exact) mass is 221 g/mol. The van der Waals surface area contributed by atoms with E-state index >= 15 is 0 Å². The van der Waals surface area contributed by atoms with E-state index in [4.69, 9.17) is 0 Å². The molecule has 0 N–H and O–H groups in total. The summed E-state index contributed by atoms with van der Waals surface area (Å²) < 4.78 is 27.8. The summed E-state index contributed by atoms with van der Waals surface area (Å²) in [6.07, 6.45) is 0. The standard InChI is InChI=1S/C13H13F2N/c1-9-3-4-10(2)16(9)8-11-5-6-12(14)13(15)7-11/h3-7H,8H2,1-2H3.